The lowest BCUT2D eigenvalue weighted by Gasteiger charge is -2.14. The Balaban J connectivity index is 2.48. The first kappa shape index (κ1) is 8.56. The van der Waals surface area contributed by atoms with Crippen LogP contribution in [0.25, 0.3) is 0 Å². The van der Waals surface area contributed by atoms with Gasteiger partial charge in [0.25, 0.3) is 5.91 Å². The van der Waals surface area contributed by atoms with E-state index in [9.17, 15) is 4.79 Å². The van der Waals surface area contributed by atoms with Gasteiger partial charge in [-0.05, 0) is 13.0 Å². The Bertz CT molecular complexity index is 390. The van der Waals surface area contributed by atoms with Crippen molar-refractivity contribution in [3.8, 4) is 0 Å². The zero-order chi connectivity index (χ0) is 9.42. The third-order valence-corrected chi connectivity index (χ3v) is 2.39. The van der Waals surface area contributed by atoms with E-state index in [-0.39, 0.29) is 10.7 Å². The molecule has 66 valence electrons. The summed E-state index contributed by atoms with van der Waals surface area (Å²) in [6, 6.07) is 0. The number of rotatable bonds is 0. The lowest BCUT2D eigenvalue weighted by molar-refractivity contribution is -0.113. The van der Waals surface area contributed by atoms with Crippen LogP contribution in [0.4, 0.5) is 0 Å². The zero-order valence-electron chi connectivity index (χ0n) is 6.99. The van der Waals surface area contributed by atoms with Gasteiger partial charge < -0.3 is 0 Å². The smallest absolute Gasteiger partial charge is 0.267 e. The summed E-state index contributed by atoms with van der Waals surface area (Å²) in [5.41, 5.74) is 1.31. The maximum Gasteiger partial charge on any atom is 0.280 e. The van der Waals surface area contributed by atoms with Crippen molar-refractivity contribution >= 4 is 33.4 Å². The second kappa shape index (κ2) is 3.03. The van der Waals surface area contributed by atoms with Crippen LogP contribution in [-0.4, -0.2) is 22.3 Å². The Morgan fingerprint density at radius 1 is 1.46 bits per heavy atom. The largest absolute Gasteiger partial charge is 0.280 e. The van der Waals surface area contributed by atoms with E-state index in [4.69, 9.17) is 0 Å². The molecule has 0 spiro atoms. The number of alkyl halides is 1. The van der Waals surface area contributed by atoms with Gasteiger partial charge in [-0.2, -0.15) is 4.99 Å². The van der Waals surface area contributed by atoms with Crippen molar-refractivity contribution in [2.75, 3.05) is 0 Å². The minimum Gasteiger partial charge on any atom is -0.267 e. The molecule has 0 saturated heterocycles. The number of carbonyl (C=O) groups excluding carboxylic acids is 1. The van der Waals surface area contributed by atoms with Crippen molar-refractivity contribution < 1.29 is 4.79 Å². The summed E-state index contributed by atoms with van der Waals surface area (Å²) in [6.07, 6.45) is 5.59. The van der Waals surface area contributed by atoms with Crippen LogP contribution in [0.3, 0.4) is 0 Å². The van der Waals surface area contributed by atoms with Crippen molar-refractivity contribution in [2.45, 2.75) is 11.8 Å². The van der Waals surface area contributed by atoms with Crippen molar-refractivity contribution in [1.82, 2.24) is 0 Å². The molecule has 1 amide bonds. The quantitative estimate of drug-likeness (QED) is 0.592. The second-order valence-corrected chi connectivity index (χ2v) is 3.90. The summed E-state index contributed by atoms with van der Waals surface area (Å²) in [7, 11) is 0. The molecule has 0 aromatic carbocycles. The molecule has 3 nitrogen and oxygen atoms in total. The SMILES string of the molecule is CC1=NC(=O)C2=CC(Br)C=CC2=N1. The number of nitrogens with zero attached hydrogens (tertiary/aromatic N) is 2. The third-order valence-electron chi connectivity index (χ3n) is 1.82. The molecule has 1 unspecified atom stereocenters. The molecule has 0 fully saturated rings. The molecule has 13 heavy (non-hydrogen) atoms. The average Bonchev–Trinajstić information content (AvgIpc) is 2.06. The van der Waals surface area contributed by atoms with Crippen LogP contribution in [0.15, 0.2) is 33.8 Å². The van der Waals surface area contributed by atoms with E-state index >= 15 is 0 Å². The highest BCUT2D eigenvalue weighted by Gasteiger charge is 2.21. The summed E-state index contributed by atoms with van der Waals surface area (Å²) in [5.74, 6) is 0.325. The van der Waals surface area contributed by atoms with Crippen molar-refractivity contribution in [2.24, 2.45) is 9.98 Å². The van der Waals surface area contributed by atoms with E-state index in [1.54, 1.807) is 6.92 Å². The van der Waals surface area contributed by atoms with E-state index in [0.717, 1.165) is 0 Å². The minimum atomic E-state index is -0.198. The summed E-state index contributed by atoms with van der Waals surface area (Å²) in [6.45, 7) is 1.72. The lowest BCUT2D eigenvalue weighted by Crippen LogP contribution is -2.20. The number of amidine groups is 1. The lowest BCUT2D eigenvalue weighted by atomic mass is 10.0. The summed E-state index contributed by atoms with van der Waals surface area (Å²) < 4.78 is 0. The third kappa shape index (κ3) is 1.54. The Kier molecular flexibility index (Phi) is 2.00. The Morgan fingerprint density at radius 3 is 3.00 bits per heavy atom. The van der Waals surface area contributed by atoms with Gasteiger partial charge >= 0.3 is 0 Å². The van der Waals surface area contributed by atoms with Gasteiger partial charge in [0.15, 0.2) is 0 Å². The Morgan fingerprint density at radius 2 is 2.23 bits per heavy atom. The molecule has 0 saturated carbocycles. The molecule has 0 radical (unpaired) electrons. The second-order valence-electron chi connectivity index (χ2n) is 2.85. The van der Waals surface area contributed by atoms with Crippen LogP contribution in [0.5, 0.6) is 0 Å². The number of fused-ring (bicyclic) bond motifs is 1. The van der Waals surface area contributed by atoms with Gasteiger partial charge in [0.05, 0.1) is 16.1 Å². The topological polar surface area (TPSA) is 41.8 Å². The normalized spacial score (nSPS) is 26.2. The molecule has 4 heteroatoms. The molecule has 0 aromatic heterocycles. The number of carbonyl (C=O) groups is 1. The summed E-state index contributed by atoms with van der Waals surface area (Å²) in [5, 5.41) is 0. The Labute approximate surface area is 84.1 Å². The fraction of sp³-hybridized carbons (Fsp3) is 0.222. The molecular weight excluding hydrogens is 232 g/mol. The van der Waals surface area contributed by atoms with Crippen LogP contribution >= 0.6 is 15.9 Å². The van der Waals surface area contributed by atoms with Gasteiger partial charge in [-0.15, -0.1) is 0 Å². The monoisotopic (exact) mass is 238 g/mol. The number of aliphatic imine (C=N–C) groups is 2. The predicted molar refractivity (Wildman–Crippen MR) is 55.5 cm³/mol. The average molecular weight is 239 g/mol. The van der Waals surface area contributed by atoms with Gasteiger partial charge in [0, 0.05) is 0 Å². The number of amides is 1. The van der Waals surface area contributed by atoms with Crippen molar-refractivity contribution in [3.63, 3.8) is 0 Å². The maximum absolute atomic E-state index is 11.4. The highest BCUT2D eigenvalue weighted by atomic mass is 79.9. The first-order valence-corrected chi connectivity index (χ1v) is 4.81. The minimum absolute atomic E-state index is 0.110. The molecule has 0 N–H and O–H groups in total. The molecule has 0 aromatic rings. The zero-order valence-corrected chi connectivity index (χ0v) is 8.58. The molecule has 1 aliphatic heterocycles. The number of allylic oxidation sites excluding steroid dienone is 3. The number of hydrogen-bond acceptors (Lipinski definition) is 2. The van der Waals surface area contributed by atoms with Crippen LogP contribution in [0.2, 0.25) is 0 Å². The van der Waals surface area contributed by atoms with Crippen LogP contribution in [0, 0.1) is 0 Å². The fourth-order valence-electron chi connectivity index (χ4n) is 1.26. The molecular formula is C9H7BrN2O. The van der Waals surface area contributed by atoms with Gasteiger partial charge in [-0.25, -0.2) is 4.99 Å². The van der Waals surface area contributed by atoms with Gasteiger partial charge in [0.2, 0.25) is 0 Å². The van der Waals surface area contributed by atoms with Gasteiger partial charge in [0.1, 0.15) is 5.84 Å². The standard InChI is InChI=1S/C9H7BrN2O/c1-5-11-8-3-2-6(10)4-7(8)9(13)12-5/h2-4,6H,1H3. The molecule has 2 rings (SSSR count). The highest BCUT2D eigenvalue weighted by Crippen LogP contribution is 2.19. The number of hydrogen-bond donors (Lipinski definition) is 0. The summed E-state index contributed by atoms with van der Waals surface area (Å²) >= 11 is 3.37. The molecule has 2 aliphatic rings. The van der Waals surface area contributed by atoms with E-state index < -0.39 is 0 Å². The van der Waals surface area contributed by atoms with E-state index in [1.165, 1.54) is 0 Å². The number of halogens is 1. The predicted octanol–water partition coefficient (Wildman–Crippen LogP) is 1.65. The van der Waals surface area contributed by atoms with Gasteiger partial charge in [-0.3, -0.25) is 4.79 Å². The van der Waals surface area contributed by atoms with E-state index in [2.05, 4.69) is 25.9 Å². The molecule has 1 aliphatic carbocycles. The molecule has 1 heterocycles. The summed E-state index contributed by atoms with van der Waals surface area (Å²) in [4.78, 5) is 19.4. The molecule has 1 atom stereocenters. The van der Waals surface area contributed by atoms with Crippen LogP contribution < -0.4 is 0 Å². The van der Waals surface area contributed by atoms with E-state index in [0.29, 0.717) is 17.1 Å². The van der Waals surface area contributed by atoms with Crippen LogP contribution in [0.1, 0.15) is 6.92 Å². The Hall–Kier alpha value is -1.03. The highest BCUT2D eigenvalue weighted by molar-refractivity contribution is 9.09. The first-order chi connectivity index (χ1) is 6.16. The first-order valence-electron chi connectivity index (χ1n) is 3.89. The van der Waals surface area contributed by atoms with E-state index in [1.807, 2.05) is 18.2 Å². The van der Waals surface area contributed by atoms with Crippen molar-refractivity contribution in [1.29, 1.82) is 0 Å². The fourth-order valence-corrected chi connectivity index (χ4v) is 1.67. The molecule has 0 bridgehead atoms. The van der Waals surface area contributed by atoms with Crippen molar-refractivity contribution in [3.05, 3.63) is 23.8 Å². The van der Waals surface area contributed by atoms with Gasteiger partial charge in [-0.1, -0.05) is 28.1 Å². The maximum atomic E-state index is 11.4. The van der Waals surface area contributed by atoms with Crippen LogP contribution in [-0.2, 0) is 4.79 Å².